The molecule has 0 aromatic heterocycles. The summed E-state index contributed by atoms with van der Waals surface area (Å²) < 4.78 is 4.90. The molecule has 0 aliphatic rings. The fourth-order valence-corrected chi connectivity index (χ4v) is 1.98. The molecule has 0 fully saturated rings. The van der Waals surface area contributed by atoms with E-state index in [2.05, 4.69) is 5.32 Å². The van der Waals surface area contributed by atoms with Gasteiger partial charge in [0, 0.05) is 0 Å². The van der Waals surface area contributed by atoms with E-state index in [-0.39, 0.29) is 22.0 Å². The molecule has 0 spiro atoms. The average molecular weight is 320 g/mol. The van der Waals surface area contributed by atoms with Crippen LogP contribution >= 0.6 is 11.6 Å². The van der Waals surface area contributed by atoms with Crippen LogP contribution in [0.1, 0.15) is 15.9 Å². The molecule has 0 unspecified atom stereocenters. The zero-order valence-corrected chi connectivity index (χ0v) is 12.6. The molecule has 2 rings (SSSR count). The molecule has 0 aliphatic heterocycles. The Balaban J connectivity index is 1.94. The molecule has 2 aromatic carbocycles. The summed E-state index contributed by atoms with van der Waals surface area (Å²) in [6.45, 7) is 1.35. The van der Waals surface area contributed by atoms with Crippen molar-refractivity contribution in [2.75, 3.05) is 11.9 Å². The predicted molar refractivity (Wildman–Crippen MR) is 83.2 cm³/mol. The summed E-state index contributed by atoms with van der Waals surface area (Å²) in [5.41, 5.74) is 1.33. The van der Waals surface area contributed by atoms with Crippen LogP contribution in [-0.4, -0.2) is 23.6 Å². The summed E-state index contributed by atoms with van der Waals surface area (Å²) >= 11 is 5.87. The van der Waals surface area contributed by atoms with E-state index >= 15 is 0 Å². The number of ether oxygens (including phenoxy) is 1. The summed E-state index contributed by atoms with van der Waals surface area (Å²) in [4.78, 5) is 23.6. The number of nitrogens with one attached hydrogen (secondary N) is 1. The smallest absolute Gasteiger partial charge is 0.340 e. The Hall–Kier alpha value is -2.53. The van der Waals surface area contributed by atoms with Gasteiger partial charge in [-0.25, -0.2) is 4.79 Å². The van der Waals surface area contributed by atoms with Gasteiger partial charge >= 0.3 is 5.97 Å². The molecule has 2 N–H and O–H groups in total. The number of anilines is 1. The van der Waals surface area contributed by atoms with Gasteiger partial charge in [-0.2, -0.15) is 0 Å². The lowest BCUT2D eigenvalue weighted by atomic mass is 10.2. The van der Waals surface area contributed by atoms with Crippen LogP contribution in [0, 0.1) is 6.92 Å². The molecule has 0 heterocycles. The second kappa shape index (κ2) is 6.95. The van der Waals surface area contributed by atoms with Crippen LogP contribution < -0.4 is 5.32 Å². The molecular formula is C16H14ClNO4. The average Bonchev–Trinajstić information content (AvgIpc) is 2.49. The summed E-state index contributed by atoms with van der Waals surface area (Å²) in [5.74, 6) is -1.30. The molecule has 0 saturated heterocycles. The Bertz CT molecular complexity index is 715. The van der Waals surface area contributed by atoms with Crippen LogP contribution in [0.4, 0.5) is 5.69 Å². The largest absolute Gasteiger partial charge is 0.506 e. The molecule has 6 heteroatoms. The maximum absolute atomic E-state index is 11.8. The Morgan fingerprint density at radius 3 is 2.68 bits per heavy atom. The van der Waals surface area contributed by atoms with Crippen LogP contribution in [0.3, 0.4) is 0 Å². The van der Waals surface area contributed by atoms with Crippen molar-refractivity contribution in [3.63, 3.8) is 0 Å². The molecule has 0 saturated carbocycles. The van der Waals surface area contributed by atoms with E-state index in [9.17, 15) is 14.7 Å². The topological polar surface area (TPSA) is 75.6 Å². The van der Waals surface area contributed by atoms with E-state index in [1.54, 1.807) is 30.3 Å². The molecule has 1 amide bonds. The van der Waals surface area contributed by atoms with Crippen molar-refractivity contribution < 1.29 is 19.4 Å². The van der Waals surface area contributed by atoms with Gasteiger partial charge < -0.3 is 15.2 Å². The number of carbonyl (C=O) groups excluding carboxylic acids is 2. The Labute approximate surface area is 132 Å². The zero-order chi connectivity index (χ0) is 16.1. The number of phenols is 1. The van der Waals surface area contributed by atoms with Gasteiger partial charge in [0.1, 0.15) is 5.75 Å². The number of rotatable bonds is 4. The minimum absolute atomic E-state index is 0.0589. The van der Waals surface area contributed by atoms with E-state index in [4.69, 9.17) is 16.3 Å². The van der Waals surface area contributed by atoms with Crippen molar-refractivity contribution >= 4 is 29.2 Å². The number of hydrogen-bond acceptors (Lipinski definition) is 4. The molecule has 114 valence electrons. The summed E-state index contributed by atoms with van der Waals surface area (Å²) in [6.07, 6.45) is 0. The van der Waals surface area contributed by atoms with Gasteiger partial charge in [0.05, 0.1) is 16.3 Å². The zero-order valence-electron chi connectivity index (χ0n) is 11.8. The molecule has 2 aromatic rings. The maximum Gasteiger partial charge on any atom is 0.340 e. The van der Waals surface area contributed by atoms with Crippen molar-refractivity contribution in [3.8, 4) is 5.75 Å². The number of amides is 1. The van der Waals surface area contributed by atoms with Crippen molar-refractivity contribution in [2.45, 2.75) is 6.92 Å². The van der Waals surface area contributed by atoms with Gasteiger partial charge in [-0.1, -0.05) is 29.8 Å². The van der Waals surface area contributed by atoms with Gasteiger partial charge in [0.15, 0.2) is 6.61 Å². The summed E-state index contributed by atoms with van der Waals surface area (Å²) in [6, 6.07) is 11.2. The third kappa shape index (κ3) is 3.99. The van der Waals surface area contributed by atoms with Crippen molar-refractivity contribution in [1.29, 1.82) is 0 Å². The SMILES string of the molecule is Cc1ccc(O)c(NC(=O)COC(=O)c2ccccc2Cl)c1. The van der Waals surface area contributed by atoms with Crippen LogP contribution in [0.25, 0.3) is 0 Å². The number of esters is 1. The van der Waals surface area contributed by atoms with E-state index in [1.165, 1.54) is 12.1 Å². The monoisotopic (exact) mass is 319 g/mol. The van der Waals surface area contributed by atoms with E-state index in [1.807, 2.05) is 6.92 Å². The lowest BCUT2D eigenvalue weighted by Crippen LogP contribution is -2.21. The van der Waals surface area contributed by atoms with Gasteiger partial charge in [0.2, 0.25) is 0 Å². The lowest BCUT2D eigenvalue weighted by Gasteiger charge is -2.09. The van der Waals surface area contributed by atoms with E-state index in [0.29, 0.717) is 0 Å². The molecule has 0 radical (unpaired) electrons. The van der Waals surface area contributed by atoms with Gasteiger partial charge in [-0.3, -0.25) is 4.79 Å². The normalized spacial score (nSPS) is 10.1. The van der Waals surface area contributed by atoms with Gasteiger partial charge in [-0.05, 0) is 36.8 Å². The molecule has 5 nitrogen and oxygen atoms in total. The highest BCUT2D eigenvalue weighted by atomic mass is 35.5. The maximum atomic E-state index is 11.8. The first-order chi connectivity index (χ1) is 10.5. The highest BCUT2D eigenvalue weighted by Crippen LogP contribution is 2.23. The standard InChI is InChI=1S/C16H14ClNO4/c1-10-6-7-14(19)13(8-10)18-15(20)9-22-16(21)11-4-2-3-5-12(11)17/h2-8,19H,9H2,1H3,(H,18,20). The molecular weight excluding hydrogens is 306 g/mol. The molecule has 0 aliphatic carbocycles. The fraction of sp³-hybridized carbons (Fsp3) is 0.125. The molecule has 0 bridgehead atoms. The van der Waals surface area contributed by atoms with Crippen molar-refractivity contribution in [3.05, 3.63) is 58.6 Å². The lowest BCUT2D eigenvalue weighted by molar-refractivity contribution is -0.119. The third-order valence-electron chi connectivity index (χ3n) is 2.85. The Kier molecular flexibility index (Phi) is 5.01. The fourth-order valence-electron chi connectivity index (χ4n) is 1.77. The number of aromatic hydroxyl groups is 1. The van der Waals surface area contributed by atoms with Gasteiger partial charge in [0.25, 0.3) is 5.91 Å². The third-order valence-corrected chi connectivity index (χ3v) is 3.18. The quantitative estimate of drug-likeness (QED) is 0.670. The van der Waals surface area contributed by atoms with Crippen LogP contribution in [0.5, 0.6) is 5.75 Å². The molecule has 0 atom stereocenters. The van der Waals surface area contributed by atoms with Crippen LogP contribution in [0.2, 0.25) is 5.02 Å². The highest BCUT2D eigenvalue weighted by molar-refractivity contribution is 6.33. The Morgan fingerprint density at radius 2 is 1.95 bits per heavy atom. The summed E-state index contributed by atoms with van der Waals surface area (Å²) in [7, 11) is 0. The van der Waals surface area contributed by atoms with Gasteiger partial charge in [-0.15, -0.1) is 0 Å². The first-order valence-electron chi connectivity index (χ1n) is 6.48. The first-order valence-corrected chi connectivity index (χ1v) is 6.86. The second-order valence-electron chi connectivity index (χ2n) is 4.62. The number of phenolic OH excluding ortho intramolecular Hbond substituents is 1. The van der Waals surface area contributed by atoms with Crippen molar-refractivity contribution in [2.24, 2.45) is 0 Å². The first kappa shape index (κ1) is 15.9. The highest BCUT2D eigenvalue weighted by Gasteiger charge is 2.14. The number of carbonyl (C=O) groups is 2. The predicted octanol–water partition coefficient (Wildman–Crippen LogP) is 3.15. The molecule has 22 heavy (non-hydrogen) atoms. The second-order valence-corrected chi connectivity index (χ2v) is 5.03. The number of hydrogen-bond donors (Lipinski definition) is 2. The van der Waals surface area contributed by atoms with E-state index in [0.717, 1.165) is 5.56 Å². The minimum atomic E-state index is -0.686. The number of benzene rings is 2. The Morgan fingerprint density at radius 1 is 1.23 bits per heavy atom. The van der Waals surface area contributed by atoms with Crippen molar-refractivity contribution in [1.82, 2.24) is 0 Å². The van der Waals surface area contributed by atoms with Crippen LogP contribution in [0.15, 0.2) is 42.5 Å². The van der Waals surface area contributed by atoms with Crippen LogP contribution in [-0.2, 0) is 9.53 Å². The summed E-state index contributed by atoms with van der Waals surface area (Å²) in [5, 5.41) is 12.4. The number of halogens is 1. The number of aryl methyl sites for hydroxylation is 1. The van der Waals surface area contributed by atoms with E-state index < -0.39 is 18.5 Å². The minimum Gasteiger partial charge on any atom is -0.506 e.